The Morgan fingerprint density at radius 2 is 1.65 bits per heavy atom. The van der Waals surface area contributed by atoms with E-state index in [1.165, 1.54) is 4.90 Å². The summed E-state index contributed by atoms with van der Waals surface area (Å²) >= 11 is 0. The zero-order chi connectivity index (χ0) is 21.8. The first-order chi connectivity index (χ1) is 15.1. The number of hydrogen-bond donors (Lipinski definition) is 1. The first-order valence-corrected chi connectivity index (χ1v) is 10.6. The highest BCUT2D eigenvalue weighted by molar-refractivity contribution is 5.88. The lowest BCUT2D eigenvalue weighted by molar-refractivity contribution is -0.143. The summed E-state index contributed by atoms with van der Waals surface area (Å²) in [6, 6.07) is 15.7. The van der Waals surface area contributed by atoms with Gasteiger partial charge in [-0.25, -0.2) is 4.79 Å². The predicted molar refractivity (Wildman–Crippen MR) is 114 cm³/mol. The number of benzene rings is 2. The molecule has 0 saturated carbocycles. The van der Waals surface area contributed by atoms with E-state index in [1.807, 2.05) is 24.3 Å². The number of hydrogen-bond acceptors (Lipinski definition) is 5. The number of rotatable bonds is 6. The van der Waals surface area contributed by atoms with Crippen LogP contribution >= 0.6 is 0 Å². The van der Waals surface area contributed by atoms with Crippen LogP contribution in [0.1, 0.15) is 36.8 Å². The van der Waals surface area contributed by atoms with Gasteiger partial charge in [-0.15, -0.1) is 0 Å². The maximum absolute atomic E-state index is 12.8. The van der Waals surface area contributed by atoms with E-state index in [4.69, 9.17) is 9.47 Å². The van der Waals surface area contributed by atoms with Gasteiger partial charge in [0.2, 0.25) is 5.91 Å². The molecule has 1 atom stereocenters. The van der Waals surface area contributed by atoms with Gasteiger partial charge in [-0.1, -0.05) is 48.5 Å². The molecule has 1 aliphatic carbocycles. The van der Waals surface area contributed by atoms with Crippen molar-refractivity contribution in [1.82, 2.24) is 10.2 Å². The third-order valence-corrected chi connectivity index (χ3v) is 5.84. The molecule has 4 rings (SSSR count). The summed E-state index contributed by atoms with van der Waals surface area (Å²) in [5, 5.41) is 2.55. The number of likely N-dealkylation sites (tertiary alicyclic amines) is 1. The Bertz CT molecular complexity index is 944. The van der Waals surface area contributed by atoms with Crippen LogP contribution in [0.3, 0.4) is 0 Å². The highest BCUT2D eigenvalue weighted by Crippen LogP contribution is 2.44. The second kappa shape index (κ2) is 9.20. The third-order valence-electron chi connectivity index (χ3n) is 5.84. The molecule has 0 aromatic heterocycles. The maximum atomic E-state index is 12.8. The standard InChI is InChI=1S/C24H26N2O5/c1-2-30-22(27)14-25-23(28)21-12-7-13-26(21)24(29)31-15-20-18-10-5-3-8-16(18)17-9-4-6-11-19(17)20/h3-6,8-11,20-21H,2,7,12-15H2,1H3,(H,25,28)/t21-/m1/s1. The molecular formula is C24H26N2O5. The molecule has 0 radical (unpaired) electrons. The van der Waals surface area contributed by atoms with E-state index in [-0.39, 0.29) is 31.6 Å². The number of ether oxygens (including phenoxy) is 2. The normalized spacial score (nSPS) is 17.1. The Morgan fingerprint density at radius 3 is 2.29 bits per heavy atom. The zero-order valence-electron chi connectivity index (χ0n) is 17.5. The van der Waals surface area contributed by atoms with Crippen molar-refractivity contribution < 1.29 is 23.9 Å². The molecule has 162 valence electrons. The van der Waals surface area contributed by atoms with Crippen LogP contribution in [0.15, 0.2) is 48.5 Å². The van der Waals surface area contributed by atoms with Gasteiger partial charge < -0.3 is 14.8 Å². The van der Waals surface area contributed by atoms with Gasteiger partial charge >= 0.3 is 12.1 Å². The Balaban J connectivity index is 1.39. The lowest BCUT2D eigenvalue weighted by Crippen LogP contribution is -2.47. The van der Waals surface area contributed by atoms with Crippen molar-refractivity contribution in [1.29, 1.82) is 0 Å². The average molecular weight is 422 g/mol. The van der Waals surface area contributed by atoms with Crippen LogP contribution in [0.2, 0.25) is 0 Å². The molecular weight excluding hydrogens is 396 g/mol. The fourth-order valence-corrected chi connectivity index (χ4v) is 4.42. The average Bonchev–Trinajstić information content (AvgIpc) is 3.40. The summed E-state index contributed by atoms with van der Waals surface area (Å²) in [6.45, 7) is 2.41. The molecule has 0 bridgehead atoms. The molecule has 2 aromatic carbocycles. The lowest BCUT2D eigenvalue weighted by Gasteiger charge is -2.24. The van der Waals surface area contributed by atoms with Gasteiger partial charge in [0.25, 0.3) is 0 Å². The van der Waals surface area contributed by atoms with Crippen LogP contribution in [0, 0.1) is 0 Å². The molecule has 0 unspecified atom stereocenters. The van der Waals surface area contributed by atoms with Gasteiger partial charge in [0.05, 0.1) is 6.61 Å². The molecule has 2 aliphatic rings. The molecule has 31 heavy (non-hydrogen) atoms. The summed E-state index contributed by atoms with van der Waals surface area (Å²) in [4.78, 5) is 38.2. The summed E-state index contributed by atoms with van der Waals surface area (Å²) in [5.41, 5.74) is 4.61. The number of amides is 2. The Labute approximate surface area is 181 Å². The van der Waals surface area contributed by atoms with Crippen LogP contribution in [-0.2, 0) is 19.1 Å². The Kier molecular flexibility index (Phi) is 6.21. The van der Waals surface area contributed by atoms with E-state index < -0.39 is 18.1 Å². The minimum absolute atomic E-state index is 0.0324. The molecule has 2 amide bonds. The van der Waals surface area contributed by atoms with E-state index in [1.54, 1.807) is 6.92 Å². The van der Waals surface area contributed by atoms with Crippen LogP contribution in [0.5, 0.6) is 0 Å². The monoisotopic (exact) mass is 422 g/mol. The van der Waals surface area contributed by atoms with Gasteiger partial charge in [-0.3, -0.25) is 14.5 Å². The Morgan fingerprint density at radius 1 is 1.00 bits per heavy atom. The number of carbonyl (C=O) groups is 3. The number of nitrogens with zero attached hydrogens (tertiary/aromatic N) is 1. The van der Waals surface area contributed by atoms with Gasteiger partial charge in [-0.2, -0.15) is 0 Å². The summed E-state index contributed by atoms with van der Waals surface area (Å²) in [5.74, 6) is -0.893. The van der Waals surface area contributed by atoms with E-state index >= 15 is 0 Å². The number of fused-ring (bicyclic) bond motifs is 3. The molecule has 7 nitrogen and oxygen atoms in total. The van der Waals surface area contributed by atoms with Gasteiger partial charge in [-0.05, 0) is 42.0 Å². The summed E-state index contributed by atoms with van der Waals surface area (Å²) < 4.78 is 10.5. The molecule has 0 spiro atoms. The zero-order valence-corrected chi connectivity index (χ0v) is 17.5. The molecule has 1 saturated heterocycles. The van der Waals surface area contributed by atoms with E-state index in [2.05, 4.69) is 29.6 Å². The van der Waals surface area contributed by atoms with Crippen LogP contribution in [0.25, 0.3) is 11.1 Å². The largest absolute Gasteiger partial charge is 0.465 e. The predicted octanol–water partition coefficient (Wildman–Crippen LogP) is 3.08. The first kappa shape index (κ1) is 20.9. The number of esters is 1. The molecule has 7 heteroatoms. The highest BCUT2D eigenvalue weighted by atomic mass is 16.6. The molecule has 2 aromatic rings. The smallest absolute Gasteiger partial charge is 0.410 e. The molecule has 1 heterocycles. The van der Waals surface area contributed by atoms with Crippen molar-refractivity contribution in [2.24, 2.45) is 0 Å². The lowest BCUT2D eigenvalue weighted by atomic mass is 9.98. The van der Waals surface area contributed by atoms with Crippen LogP contribution < -0.4 is 5.32 Å². The van der Waals surface area contributed by atoms with E-state index in [9.17, 15) is 14.4 Å². The van der Waals surface area contributed by atoms with Crippen molar-refractivity contribution in [3.05, 3.63) is 59.7 Å². The minimum Gasteiger partial charge on any atom is -0.465 e. The third kappa shape index (κ3) is 4.26. The number of carbonyl (C=O) groups excluding carboxylic acids is 3. The minimum atomic E-state index is -0.634. The molecule has 1 fully saturated rings. The van der Waals surface area contributed by atoms with Crippen molar-refractivity contribution in [2.75, 3.05) is 26.3 Å². The number of nitrogens with one attached hydrogen (secondary N) is 1. The topological polar surface area (TPSA) is 84.9 Å². The molecule has 1 N–H and O–H groups in total. The van der Waals surface area contributed by atoms with Gasteiger partial charge in [0, 0.05) is 12.5 Å². The fraction of sp³-hybridized carbons (Fsp3) is 0.375. The maximum Gasteiger partial charge on any atom is 0.410 e. The highest BCUT2D eigenvalue weighted by Gasteiger charge is 2.36. The first-order valence-electron chi connectivity index (χ1n) is 10.6. The second-order valence-electron chi connectivity index (χ2n) is 7.68. The molecule has 1 aliphatic heterocycles. The van der Waals surface area contributed by atoms with Crippen molar-refractivity contribution in [3.8, 4) is 11.1 Å². The van der Waals surface area contributed by atoms with Gasteiger partial charge in [0.15, 0.2) is 0 Å². The van der Waals surface area contributed by atoms with Crippen LogP contribution in [0.4, 0.5) is 4.79 Å². The SMILES string of the molecule is CCOC(=O)CNC(=O)[C@H]1CCCN1C(=O)OCC1c2ccccc2-c2ccccc21. The van der Waals surface area contributed by atoms with E-state index in [0.29, 0.717) is 19.4 Å². The second-order valence-corrected chi connectivity index (χ2v) is 7.68. The van der Waals surface area contributed by atoms with E-state index in [0.717, 1.165) is 22.3 Å². The Hall–Kier alpha value is -3.35. The fourth-order valence-electron chi connectivity index (χ4n) is 4.42. The van der Waals surface area contributed by atoms with Gasteiger partial charge in [0.1, 0.15) is 19.2 Å². The van der Waals surface area contributed by atoms with Crippen molar-refractivity contribution in [2.45, 2.75) is 31.7 Å². The van der Waals surface area contributed by atoms with Crippen molar-refractivity contribution >= 4 is 18.0 Å². The van der Waals surface area contributed by atoms with Crippen LogP contribution in [-0.4, -0.2) is 55.2 Å². The summed E-state index contributed by atoms with van der Waals surface area (Å²) in [7, 11) is 0. The quantitative estimate of drug-likeness (QED) is 0.723. The van der Waals surface area contributed by atoms with Crippen molar-refractivity contribution in [3.63, 3.8) is 0 Å². The summed E-state index contributed by atoms with van der Waals surface area (Å²) in [6.07, 6.45) is 0.747.